The van der Waals surface area contributed by atoms with E-state index in [1.54, 1.807) is 12.1 Å². The van der Waals surface area contributed by atoms with E-state index in [0.29, 0.717) is 24.0 Å². The molecule has 1 aromatic carbocycles. The van der Waals surface area contributed by atoms with Gasteiger partial charge in [0.15, 0.2) is 0 Å². The number of para-hydroxylation sites is 1. The fourth-order valence-electron chi connectivity index (χ4n) is 5.07. The number of carbonyl (C=O) groups excluding carboxylic acids is 2. The van der Waals surface area contributed by atoms with Crippen LogP contribution in [0.3, 0.4) is 0 Å². The average Bonchev–Trinajstić information content (AvgIpc) is 2.73. The second-order valence-corrected chi connectivity index (χ2v) is 8.36. The normalized spacial score (nSPS) is 25.0. The summed E-state index contributed by atoms with van der Waals surface area (Å²) in [5.74, 6) is 0.168. The minimum absolute atomic E-state index is 0.00217. The van der Waals surface area contributed by atoms with Crippen molar-refractivity contribution < 1.29 is 9.59 Å². The number of nitrogens with zero attached hydrogens (tertiary/aromatic N) is 4. The number of likely N-dealkylation sites (tertiary alicyclic amines) is 2. The Bertz CT molecular complexity index is 997. The van der Waals surface area contributed by atoms with Crippen LogP contribution in [0.25, 0.3) is 10.9 Å². The van der Waals surface area contributed by atoms with E-state index in [9.17, 15) is 14.4 Å². The highest BCUT2D eigenvalue weighted by molar-refractivity contribution is 5.86. The van der Waals surface area contributed by atoms with Gasteiger partial charge < -0.3 is 9.80 Å². The summed E-state index contributed by atoms with van der Waals surface area (Å²) < 4.78 is 1.50. The first kappa shape index (κ1) is 19.6. The molecular formula is C22H28N4O3. The summed E-state index contributed by atoms with van der Waals surface area (Å²) in [5, 5.41) is 0.559. The van der Waals surface area contributed by atoms with Crippen LogP contribution in [0.2, 0.25) is 0 Å². The van der Waals surface area contributed by atoms with Gasteiger partial charge in [0, 0.05) is 39.1 Å². The predicted molar refractivity (Wildman–Crippen MR) is 110 cm³/mol. The fraction of sp³-hybridized carbons (Fsp3) is 0.545. The Morgan fingerprint density at radius 3 is 2.69 bits per heavy atom. The molecule has 7 nitrogen and oxygen atoms in total. The van der Waals surface area contributed by atoms with Gasteiger partial charge in [0.1, 0.15) is 0 Å². The van der Waals surface area contributed by atoms with Crippen LogP contribution in [0, 0.1) is 5.41 Å². The highest BCUT2D eigenvalue weighted by atomic mass is 16.2. The topological polar surface area (TPSA) is 75.5 Å². The molecule has 2 amide bonds. The van der Waals surface area contributed by atoms with Gasteiger partial charge in [-0.3, -0.25) is 19.0 Å². The van der Waals surface area contributed by atoms with Crippen molar-refractivity contribution in [3.63, 3.8) is 0 Å². The van der Waals surface area contributed by atoms with E-state index in [0.717, 1.165) is 32.2 Å². The number of hydrogen-bond acceptors (Lipinski definition) is 4. The molecule has 0 unspecified atom stereocenters. The monoisotopic (exact) mass is 396 g/mol. The van der Waals surface area contributed by atoms with E-state index >= 15 is 0 Å². The number of fused-ring (bicyclic) bond motifs is 1. The average molecular weight is 396 g/mol. The minimum Gasteiger partial charge on any atom is -0.345 e. The largest absolute Gasteiger partial charge is 0.345 e. The van der Waals surface area contributed by atoms with Crippen molar-refractivity contribution in [2.45, 2.75) is 51.6 Å². The molecule has 1 spiro atoms. The van der Waals surface area contributed by atoms with Gasteiger partial charge in [-0.25, -0.2) is 4.98 Å². The van der Waals surface area contributed by atoms with Crippen LogP contribution in [0.5, 0.6) is 0 Å². The van der Waals surface area contributed by atoms with Crippen molar-refractivity contribution in [3.05, 3.63) is 40.9 Å². The van der Waals surface area contributed by atoms with Crippen molar-refractivity contribution in [2.75, 3.05) is 20.1 Å². The van der Waals surface area contributed by atoms with Crippen LogP contribution in [0.15, 0.2) is 35.4 Å². The number of rotatable bonds is 3. The maximum atomic E-state index is 13.0. The van der Waals surface area contributed by atoms with Gasteiger partial charge in [0.2, 0.25) is 11.8 Å². The molecule has 4 rings (SSSR count). The van der Waals surface area contributed by atoms with Gasteiger partial charge in [-0.05, 0) is 44.7 Å². The van der Waals surface area contributed by atoms with Crippen molar-refractivity contribution in [3.8, 4) is 0 Å². The molecule has 1 aromatic heterocycles. The fourth-order valence-corrected chi connectivity index (χ4v) is 5.07. The summed E-state index contributed by atoms with van der Waals surface area (Å²) >= 11 is 0. The molecule has 2 atom stereocenters. The number of aromatic nitrogens is 2. The number of carbonyl (C=O) groups is 2. The Morgan fingerprint density at radius 1 is 1.17 bits per heavy atom. The van der Waals surface area contributed by atoms with Gasteiger partial charge in [0.05, 0.1) is 22.6 Å². The molecule has 7 heteroatoms. The molecule has 2 aliphatic heterocycles. The van der Waals surface area contributed by atoms with E-state index < -0.39 is 5.41 Å². The smallest absolute Gasteiger partial charge is 0.261 e. The molecule has 0 N–H and O–H groups in total. The summed E-state index contributed by atoms with van der Waals surface area (Å²) in [6.45, 7) is 3.76. The van der Waals surface area contributed by atoms with Gasteiger partial charge in [-0.1, -0.05) is 12.1 Å². The maximum absolute atomic E-state index is 13.0. The van der Waals surface area contributed by atoms with Crippen molar-refractivity contribution >= 4 is 22.7 Å². The zero-order valence-electron chi connectivity index (χ0n) is 17.1. The van der Waals surface area contributed by atoms with Gasteiger partial charge in [-0.2, -0.15) is 0 Å². The lowest BCUT2D eigenvalue weighted by Gasteiger charge is -2.51. The second kappa shape index (κ2) is 7.61. The van der Waals surface area contributed by atoms with E-state index in [1.165, 1.54) is 10.9 Å². The molecule has 154 valence electrons. The predicted octanol–water partition coefficient (Wildman–Crippen LogP) is 2.04. The first-order valence-electron chi connectivity index (χ1n) is 10.4. The second-order valence-electron chi connectivity index (χ2n) is 8.36. The van der Waals surface area contributed by atoms with Crippen LogP contribution in [-0.4, -0.2) is 57.3 Å². The number of hydrogen-bond donors (Lipinski definition) is 0. The van der Waals surface area contributed by atoms with Crippen molar-refractivity contribution in [2.24, 2.45) is 5.41 Å². The summed E-state index contributed by atoms with van der Waals surface area (Å²) in [4.78, 5) is 46.6. The van der Waals surface area contributed by atoms with Gasteiger partial charge >= 0.3 is 0 Å². The Balaban J connectivity index is 1.49. The Labute approximate surface area is 170 Å². The molecule has 0 aliphatic carbocycles. The zero-order chi connectivity index (χ0) is 20.6. The number of piperidine rings is 2. The van der Waals surface area contributed by atoms with Gasteiger partial charge in [-0.15, -0.1) is 0 Å². The van der Waals surface area contributed by atoms with E-state index in [4.69, 9.17) is 0 Å². The third-order valence-electron chi connectivity index (χ3n) is 6.80. The van der Waals surface area contributed by atoms with Crippen LogP contribution < -0.4 is 5.56 Å². The quantitative estimate of drug-likeness (QED) is 0.796. The SMILES string of the molecule is C[C@H]1N(C(=O)CCn2cnc3ccccc3c2=O)CCC[C@@]12CCCN(C)C2=O. The highest BCUT2D eigenvalue weighted by Gasteiger charge is 2.51. The summed E-state index contributed by atoms with van der Waals surface area (Å²) in [6.07, 6.45) is 5.24. The molecule has 0 radical (unpaired) electrons. The zero-order valence-corrected chi connectivity index (χ0v) is 17.1. The molecule has 3 heterocycles. The maximum Gasteiger partial charge on any atom is 0.261 e. The Morgan fingerprint density at radius 2 is 1.90 bits per heavy atom. The van der Waals surface area contributed by atoms with Gasteiger partial charge in [0.25, 0.3) is 5.56 Å². The first-order chi connectivity index (χ1) is 13.9. The summed E-state index contributed by atoms with van der Waals surface area (Å²) in [7, 11) is 1.86. The molecular weight excluding hydrogens is 368 g/mol. The minimum atomic E-state index is -0.456. The van der Waals surface area contributed by atoms with Crippen molar-refractivity contribution in [1.29, 1.82) is 0 Å². The Hall–Kier alpha value is -2.70. The van der Waals surface area contributed by atoms with Crippen molar-refractivity contribution in [1.82, 2.24) is 19.4 Å². The molecule has 2 aromatic rings. The molecule has 2 fully saturated rings. The first-order valence-corrected chi connectivity index (χ1v) is 10.4. The van der Waals surface area contributed by atoms with Crippen LogP contribution in [-0.2, 0) is 16.1 Å². The summed E-state index contributed by atoms with van der Waals surface area (Å²) in [5.41, 5.74) is 0.0738. The molecule has 2 aliphatic rings. The summed E-state index contributed by atoms with van der Waals surface area (Å²) in [6, 6.07) is 7.10. The van der Waals surface area contributed by atoms with Crippen LogP contribution >= 0.6 is 0 Å². The van der Waals surface area contributed by atoms with Crippen LogP contribution in [0.1, 0.15) is 39.0 Å². The van der Waals surface area contributed by atoms with Crippen LogP contribution in [0.4, 0.5) is 0 Å². The Kier molecular flexibility index (Phi) is 5.15. The lowest BCUT2D eigenvalue weighted by atomic mass is 9.68. The lowest BCUT2D eigenvalue weighted by molar-refractivity contribution is -0.158. The molecule has 0 bridgehead atoms. The number of aryl methyl sites for hydroxylation is 1. The standard InChI is InChI=1S/C22H28N4O3/c1-16-22(10-5-12-24(2)21(22)29)11-6-13-26(16)19(27)9-14-25-15-23-18-8-4-3-7-17(18)20(25)28/h3-4,7-8,15-16H,5-6,9-14H2,1-2H3/t16-,22+/m1/s1. The number of benzene rings is 1. The number of amides is 2. The van der Waals surface area contributed by atoms with E-state index in [-0.39, 0.29) is 29.8 Å². The molecule has 2 saturated heterocycles. The van der Waals surface area contributed by atoms with E-state index in [2.05, 4.69) is 4.98 Å². The molecule has 0 saturated carbocycles. The van der Waals surface area contributed by atoms with E-state index in [1.807, 2.05) is 35.9 Å². The third kappa shape index (κ3) is 3.32. The lowest BCUT2D eigenvalue weighted by Crippen LogP contribution is -2.61. The third-order valence-corrected chi connectivity index (χ3v) is 6.80. The molecule has 29 heavy (non-hydrogen) atoms. The highest BCUT2D eigenvalue weighted by Crippen LogP contribution is 2.43.